The Morgan fingerprint density at radius 2 is 1.29 bits per heavy atom. The minimum Gasteiger partial charge on any atom is -0.330 e. The van der Waals surface area contributed by atoms with Crippen LogP contribution in [0, 0.1) is 20.2 Å². The highest BCUT2D eigenvalue weighted by Gasteiger charge is 2.54. The second-order valence-electron chi connectivity index (χ2n) is 2.57. The summed E-state index contributed by atoms with van der Waals surface area (Å²) in [5.41, 5.74) is 7.94. The van der Waals surface area contributed by atoms with Crippen LogP contribution in [-0.2, 0) is 0 Å². The number of halogens is 1. The zero-order chi connectivity index (χ0) is 10.5. The summed E-state index contributed by atoms with van der Waals surface area (Å²) in [5, 5.41) is 21.0. The maximum Gasteiger partial charge on any atom is 0.460 e. The number of rotatable bonds is 6. The van der Waals surface area contributed by atoms with E-state index in [0.717, 1.165) is 0 Å². The monoisotopic (exact) mass is 228 g/mol. The van der Waals surface area contributed by atoms with E-state index in [2.05, 4.69) is 0 Å². The molecule has 0 amide bonds. The highest BCUT2D eigenvalue weighted by molar-refractivity contribution is 5.85. The summed E-state index contributed by atoms with van der Waals surface area (Å²) in [6, 6.07) is 0. The molecule has 0 unspecified atom stereocenters. The largest absolute Gasteiger partial charge is 0.460 e. The van der Waals surface area contributed by atoms with Gasteiger partial charge in [0.2, 0.25) is 0 Å². The van der Waals surface area contributed by atoms with E-state index in [1.165, 1.54) is 0 Å². The van der Waals surface area contributed by atoms with Crippen molar-refractivity contribution in [3.8, 4) is 0 Å². The van der Waals surface area contributed by atoms with Crippen LogP contribution in [0.15, 0.2) is 0 Å². The first-order valence-electron chi connectivity index (χ1n) is 3.70. The standard InChI is InChI=1S/C5H12N4O4.ClH/c6-3-1-5(2-4-7,8(10)11)9(12)13;/h1-4,6-7H2;1H. The zero-order valence-corrected chi connectivity index (χ0v) is 8.24. The summed E-state index contributed by atoms with van der Waals surface area (Å²) >= 11 is 0. The Hall–Kier alpha value is -0.990. The normalized spacial score (nSPS) is 10.4. The number of nitrogens with zero attached hydrogens (tertiary/aromatic N) is 2. The molecule has 0 aromatic carbocycles. The maximum atomic E-state index is 10.5. The van der Waals surface area contributed by atoms with Gasteiger partial charge in [0.05, 0.1) is 9.85 Å². The zero-order valence-electron chi connectivity index (χ0n) is 7.42. The van der Waals surface area contributed by atoms with Gasteiger partial charge in [0, 0.05) is 13.1 Å². The van der Waals surface area contributed by atoms with Crippen molar-refractivity contribution < 1.29 is 9.85 Å². The fourth-order valence-electron chi connectivity index (χ4n) is 1.02. The molecule has 0 bridgehead atoms. The first-order valence-corrected chi connectivity index (χ1v) is 3.70. The highest BCUT2D eigenvalue weighted by Crippen LogP contribution is 2.19. The Morgan fingerprint density at radius 1 is 1.00 bits per heavy atom. The lowest BCUT2D eigenvalue weighted by molar-refractivity contribution is -0.798. The van der Waals surface area contributed by atoms with Crippen molar-refractivity contribution in [2.75, 3.05) is 13.1 Å². The third kappa shape index (κ3) is 3.05. The van der Waals surface area contributed by atoms with Gasteiger partial charge in [-0.25, -0.2) is 0 Å². The van der Waals surface area contributed by atoms with Crippen LogP contribution in [0.1, 0.15) is 12.8 Å². The van der Waals surface area contributed by atoms with Crippen LogP contribution in [0.2, 0.25) is 0 Å². The molecule has 0 rings (SSSR count). The Labute approximate surface area is 86.3 Å². The molecule has 4 N–H and O–H groups in total. The average molecular weight is 229 g/mol. The lowest BCUT2D eigenvalue weighted by Gasteiger charge is -2.15. The van der Waals surface area contributed by atoms with Crippen LogP contribution >= 0.6 is 12.4 Å². The second kappa shape index (κ2) is 6.46. The fourth-order valence-corrected chi connectivity index (χ4v) is 1.02. The van der Waals surface area contributed by atoms with E-state index < -0.39 is 15.5 Å². The minimum atomic E-state index is -2.20. The maximum absolute atomic E-state index is 10.5. The molecule has 0 saturated carbocycles. The van der Waals surface area contributed by atoms with E-state index in [0.29, 0.717) is 0 Å². The minimum absolute atomic E-state index is 0. The van der Waals surface area contributed by atoms with Gasteiger partial charge in [-0.3, -0.25) is 20.2 Å². The van der Waals surface area contributed by atoms with Crippen LogP contribution in [0.5, 0.6) is 0 Å². The van der Waals surface area contributed by atoms with Gasteiger partial charge in [-0.2, -0.15) is 0 Å². The van der Waals surface area contributed by atoms with Gasteiger partial charge in [0.15, 0.2) is 0 Å². The van der Waals surface area contributed by atoms with E-state index in [4.69, 9.17) is 11.5 Å². The van der Waals surface area contributed by atoms with Crippen molar-refractivity contribution >= 4 is 12.4 Å². The molecule has 84 valence electrons. The molecule has 14 heavy (non-hydrogen) atoms. The van der Waals surface area contributed by atoms with E-state index in [-0.39, 0.29) is 38.3 Å². The molecule has 0 spiro atoms. The lowest BCUT2D eigenvalue weighted by Crippen LogP contribution is -2.49. The van der Waals surface area contributed by atoms with E-state index >= 15 is 0 Å². The van der Waals surface area contributed by atoms with Crippen molar-refractivity contribution in [2.24, 2.45) is 11.5 Å². The molecular weight excluding hydrogens is 216 g/mol. The molecule has 9 heteroatoms. The van der Waals surface area contributed by atoms with Crippen LogP contribution in [-0.4, -0.2) is 28.6 Å². The van der Waals surface area contributed by atoms with Crippen LogP contribution in [0.25, 0.3) is 0 Å². The van der Waals surface area contributed by atoms with E-state index in [1.807, 2.05) is 0 Å². The predicted octanol–water partition coefficient (Wildman–Crippen LogP) is -0.644. The summed E-state index contributed by atoms with van der Waals surface area (Å²) in [6.45, 7) is -0.218. The first-order chi connectivity index (χ1) is 6.01. The summed E-state index contributed by atoms with van der Waals surface area (Å²) in [7, 11) is 0. The molecule has 0 fully saturated rings. The van der Waals surface area contributed by atoms with Crippen LogP contribution < -0.4 is 11.5 Å². The molecule has 0 radical (unpaired) electrons. The fraction of sp³-hybridized carbons (Fsp3) is 1.00. The Kier molecular flexibility index (Phi) is 7.15. The number of nitro groups is 2. The second-order valence-corrected chi connectivity index (χ2v) is 2.57. The van der Waals surface area contributed by atoms with E-state index in [1.54, 1.807) is 0 Å². The van der Waals surface area contributed by atoms with Crippen LogP contribution in [0.3, 0.4) is 0 Å². The molecule has 0 aliphatic heterocycles. The molecule has 0 heterocycles. The molecular formula is C5H13ClN4O4. The van der Waals surface area contributed by atoms with Gasteiger partial charge in [-0.1, -0.05) is 0 Å². The highest BCUT2D eigenvalue weighted by atomic mass is 35.5. The summed E-state index contributed by atoms with van der Waals surface area (Å²) < 4.78 is 0. The molecule has 0 aliphatic carbocycles. The van der Waals surface area contributed by atoms with E-state index in [9.17, 15) is 20.2 Å². The van der Waals surface area contributed by atoms with Crippen molar-refractivity contribution in [3.63, 3.8) is 0 Å². The Morgan fingerprint density at radius 3 is 1.43 bits per heavy atom. The first kappa shape index (κ1) is 15.5. The molecule has 0 aliphatic rings. The SMILES string of the molecule is Cl.NCCC(CCN)([N+](=O)[O-])[N+](=O)[O-]. The van der Waals surface area contributed by atoms with Gasteiger partial charge in [-0.15, -0.1) is 12.4 Å². The molecule has 0 atom stereocenters. The number of hydrogen-bond donors (Lipinski definition) is 2. The predicted molar refractivity (Wildman–Crippen MR) is 51.3 cm³/mol. The quantitative estimate of drug-likeness (QED) is 0.352. The third-order valence-electron chi connectivity index (χ3n) is 1.77. The van der Waals surface area contributed by atoms with Gasteiger partial charge in [0.25, 0.3) is 0 Å². The lowest BCUT2D eigenvalue weighted by atomic mass is 10.0. The van der Waals surface area contributed by atoms with Gasteiger partial charge in [0.1, 0.15) is 12.8 Å². The topological polar surface area (TPSA) is 138 Å². The smallest absolute Gasteiger partial charge is 0.330 e. The third-order valence-corrected chi connectivity index (χ3v) is 1.77. The summed E-state index contributed by atoms with van der Waals surface area (Å²) in [5.74, 6) is 0. The molecule has 8 nitrogen and oxygen atoms in total. The van der Waals surface area contributed by atoms with Crippen molar-refractivity contribution in [1.82, 2.24) is 0 Å². The number of hydrogen-bond acceptors (Lipinski definition) is 6. The Bertz CT molecular complexity index is 190. The summed E-state index contributed by atoms with van der Waals surface area (Å²) in [4.78, 5) is 19.1. The van der Waals surface area contributed by atoms with Gasteiger partial charge < -0.3 is 11.5 Å². The molecule has 0 saturated heterocycles. The van der Waals surface area contributed by atoms with Crippen molar-refractivity contribution in [1.29, 1.82) is 0 Å². The average Bonchev–Trinajstić information content (AvgIpc) is 2.03. The van der Waals surface area contributed by atoms with Gasteiger partial charge >= 0.3 is 5.66 Å². The van der Waals surface area contributed by atoms with Crippen molar-refractivity contribution in [3.05, 3.63) is 20.2 Å². The molecule has 0 aromatic heterocycles. The van der Waals surface area contributed by atoms with Crippen molar-refractivity contribution in [2.45, 2.75) is 18.5 Å². The summed E-state index contributed by atoms with van der Waals surface area (Å²) in [6.07, 6.45) is -0.603. The molecule has 0 aromatic rings. The number of nitrogens with two attached hydrogens (primary N) is 2. The van der Waals surface area contributed by atoms with Crippen LogP contribution in [0.4, 0.5) is 0 Å². The van der Waals surface area contributed by atoms with Gasteiger partial charge in [-0.05, 0) is 0 Å². The Balaban J connectivity index is 0.